The van der Waals surface area contributed by atoms with E-state index in [1.807, 2.05) is 24.3 Å². The molecule has 0 saturated carbocycles. The molecule has 2 nitrogen and oxygen atoms in total. The molecule has 4 heteroatoms. The van der Waals surface area contributed by atoms with Crippen LogP contribution in [-0.4, -0.2) is 4.98 Å². The molecule has 1 aromatic heterocycles. The molecule has 0 saturated heterocycles. The quantitative estimate of drug-likeness (QED) is 0.712. The first-order valence-electron chi connectivity index (χ1n) is 5.15. The molecule has 0 bridgehead atoms. The number of anilines is 1. The highest BCUT2D eigenvalue weighted by Crippen LogP contribution is 2.37. The van der Waals surface area contributed by atoms with E-state index in [9.17, 15) is 0 Å². The van der Waals surface area contributed by atoms with E-state index in [0.29, 0.717) is 9.47 Å². The van der Waals surface area contributed by atoms with Gasteiger partial charge in [-0.25, -0.2) is 4.98 Å². The van der Waals surface area contributed by atoms with Gasteiger partial charge < -0.3 is 5.73 Å². The van der Waals surface area contributed by atoms with Gasteiger partial charge in [-0.05, 0) is 10.8 Å². The smallest absolute Gasteiger partial charge is 0.182 e. The van der Waals surface area contributed by atoms with Crippen molar-refractivity contribution < 1.29 is 0 Å². The third kappa shape index (κ3) is 1.77. The second kappa shape index (κ2) is 4.02. The minimum atomic E-state index is 0.498. The van der Waals surface area contributed by atoms with Crippen molar-refractivity contribution in [3.63, 3.8) is 0 Å². The molecular weight excluding hydrogens is 252 g/mol. The van der Waals surface area contributed by atoms with Crippen LogP contribution in [0.25, 0.3) is 22.0 Å². The van der Waals surface area contributed by atoms with Gasteiger partial charge >= 0.3 is 0 Å². The fourth-order valence-electron chi connectivity index (χ4n) is 1.92. The summed E-state index contributed by atoms with van der Waals surface area (Å²) in [6.07, 6.45) is 0. The van der Waals surface area contributed by atoms with E-state index < -0.39 is 0 Å². The molecule has 3 aromatic rings. The van der Waals surface area contributed by atoms with E-state index in [0.717, 1.165) is 16.6 Å². The lowest BCUT2D eigenvalue weighted by Gasteiger charge is -2.03. The highest BCUT2D eigenvalue weighted by atomic mass is 35.5. The fourth-order valence-corrected chi connectivity index (χ4v) is 2.87. The van der Waals surface area contributed by atoms with Gasteiger partial charge in [0.15, 0.2) is 5.13 Å². The maximum absolute atomic E-state index is 6.16. The number of benzene rings is 2. The SMILES string of the molecule is Nc1nc(-c2cccc3ccccc23)c(Cl)s1. The van der Waals surface area contributed by atoms with Crippen LogP contribution in [0.3, 0.4) is 0 Å². The number of hydrogen-bond acceptors (Lipinski definition) is 3. The topological polar surface area (TPSA) is 38.9 Å². The summed E-state index contributed by atoms with van der Waals surface area (Å²) in [5.74, 6) is 0. The van der Waals surface area contributed by atoms with E-state index >= 15 is 0 Å². The molecule has 0 fully saturated rings. The molecule has 2 N–H and O–H groups in total. The van der Waals surface area contributed by atoms with Crippen molar-refractivity contribution in [3.05, 3.63) is 46.8 Å². The number of rotatable bonds is 1. The lowest BCUT2D eigenvalue weighted by atomic mass is 10.0. The second-order valence-electron chi connectivity index (χ2n) is 3.70. The van der Waals surface area contributed by atoms with Gasteiger partial charge in [0.2, 0.25) is 0 Å². The van der Waals surface area contributed by atoms with Crippen LogP contribution < -0.4 is 5.73 Å². The van der Waals surface area contributed by atoms with E-state index in [2.05, 4.69) is 23.2 Å². The van der Waals surface area contributed by atoms with Gasteiger partial charge in [-0.2, -0.15) is 0 Å². The molecule has 84 valence electrons. The summed E-state index contributed by atoms with van der Waals surface area (Å²) in [7, 11) is 0. The largest absolute Gasteiger partial charge is 0.375 e. The summed E-state index contributed by atoms with van der Waals surface area (Å²) in [6.45, 7) is 0. The van der Waals surface area contributed by atoms with Gasteiger partial charge in [-0.15, -0.1) is 0 Å². The third-order valence-electron chi connectivity index (χ3n) is 2.65. The Hall–Kier alpha value is -1.58. The number of hydrogen-bond donors (Lipinski definition) is 1. The Labute approximate surface area is 108 Å². The summed E-state index contributed by atoms with van der Waals surface area (Å²) in [5.41, 5.74) is 7.48. The summed E-state index contributed by atoms with van der Waals surface area (Å²) in [5, 5.41) is 2.81. The van der Waals surface area contributed by atoms with Crippen LogP contribution in [0.4, 0.5) is 5.13 Å². The Balaban J connectivity index is 2.34. The van der Waals surface area contributed by atoms with Gasteiger partial charge in [0.05, 0.1) is 0 Å². The number of aromatic nitrogens is 1. The molecule has 0 spiro atoms. The zero-order valence-corrected chi connectivity index (χ0v) is 10.4. The Kier molecular flexibility index (Phi) is 2.50. The average Bonchev–Trinajstić information content (AvgIpc) is 2.68. The molecule has 0 aliphatic carbocycles. The number of nitrogens with zero attached hydrogens (tertiary/aromatic N) is 1. The highest BCUT2D eigenvalue weighted by molar-refractivity contribution is 7.19. The first-order chi connectivity index (χ1) is 8.25. The van der Waals surface area contributed by atoms with Crippen LogP contribution in [0.15, 0.2) is 42.5 Å². The maximum Gasteiger partial charge on any atom is 0.182 e. The Morgan fingerprint density at radius 2 is 1.82 bits per heavy atom. The van der Waals surface area contributed by atoms with Gasteiger partial charge in [-0.3, -0.25) is 0 Å². The number of nitrogens with two attached hydrogens (primary N) is 1. The Bertz CT molecular complexity index is 685. The standard InChI is InChI=1S/C13H9ClN2S/c14-12-11(16-13(15)17-12)10-7-3-5-8-4-1-2-6-9(8)10/h1-7H,(H2,15,16). The zero-order chi connectivity index (χ0) is 11.8. The average molecular weight is 261 g/mol. The predicted molar refractivity (Wildman–Crippen MR) is 74.5 cm³/mol. The van der Waals surface area contributed by atoms with E-state index in [1.165, 1.54) is 16.7 Å². The molecule has 0 amide bonds. The minimum absolute atomic E-state index is 0.498. The van der Waals surface area contributed by atoms with Crippen molar-refractivity contribution in [1.29, 1.82) is 0 Å². The van der Waals surface area contributed by atoms with Crippen molar-refractivity contribution in [3.8, 4) is 11.3 Å². The van der Waals surface area contributed by atoms with Gasteiger partial charge in [0.25, 0.3) is 0 Å². The van der Waals surface area contributed by atoms with Crippen LogP contribution in [0.1, 0.15) is 0 Å². The minimum Gasteiger partial charge on any atom is -0.375 e. The normalized spacial score (nSPS) is 10.9. The number of thiazole rings is 1. The van der Waals surface area contributed by atoms with Crippen molar-refractivity contribution in [2.45, 2.75) is 0 Å². The summed E-state index contributed by atoms with van der Waals surface area (Å²) in [4.78, 5) is 4.29. The second-order valence-corrected chi connectivity index (χ2v) is 5.33. The summed E-state index contributed by atoms with van der Waals surface area (Å²) >= 11 is 7.46. The Morgan fingerprint density at radius 3 is 2.59 bits per heavy atom. The molecule has 0 radical (unpaired) electrons. The molecule has 0 aliphatic heterocycles. The predicted octanol–water partition coefficient (Wildman–Crippen LogP) is 4.20. The highest BCUT2D eigenvalue weighted by Gasteiger charge is 2.12. The Morgan fingerprint density at radius 1 is 1.06 bits per heavy atom. The van der Waals surface area contributed by atoms with E-state index in [1.54, 1.807) is 0 Å². The number of fused-ring (bicyclic) bond motifs is 1. The van der Waals surface area contributed by atoms with Crippen LogP contribution in [0.2, 0.25) is 4.34 Å². The molecular formula is C13H9ClN2S. The molecule has 0 aliphatic rings. The van der Waals surface area contributed by atoms with Crippen LogP contribution in [-0.2, 0) is 0 Å². The van der Waals surface area contributed by atoms with Crippen LogP contribution >= 0.6 is 22.9 Å². The van der Waals surface area contributed by atoms with Crippen molar-refractivity contribution in [2.24, 2.45) is 0 Å². The van der Waals surface area contributed by atoms with E-state index in [-0.39, 0.29) is 0 Å². The van der Waals surface area contributed by atoms with Crippen molar-refractivity contribution in [1.82, 2.24) is 4.98 Å². The van der Waals surface area contributed by atoms with E-state index in [4.69, 9.17) is 17.3 Å². The summed E-state index contributed by atoms with van der Waals surface area (Å²) in [6, 6.07) is 14.3. The van der Waals surface area contributed by atoms with Crippen LogP contribution in [0.5, 0.6) is 0 Å². The lowest BCUT2D eigenvalue weighted by Crippen LogP contribution is -1.84. The monoisotopic (exact) mass is 260 g/mol. The molecule has 2 aromatic carbocycles. The third-order valence-corrected chi connectivity index (χ3v) is 3.73. The molecule has 17 heavy (non-hydrogen) atoms. The number of halogens is 1. The lowest BCUT2D eigenvalue weighted by molar-refractivity contribution is 1.42. The first-order valence-corrected chi connectivity index (χ1v) is 6.35. The van der Waals surface area contributed by atoms with Gasteiger partial charge in [0.1, 0.15) is 10.0 Å². The molecule has 0 atom stereocenters. The molecule has 0 unspecified atom stereocenters. The van der Waals surface area contributed by atoms with Gasteiger partial charge in [-0.1, -0.05) is 65.4 Å². The van der Waals surface area contributed by atoms with Gasteiger partial charge in [0, 0.05) is 5.56 Å². The maximum atomic E-state index is 6.16. The number of nitrogen functional groups attached to an aromatic ring is 1. The van der Waals surface area contributed by atoms with Crippen molar-refractivity contribution >= 4 is 38.8 Å². The first kappa shape index (κ1) is 10.6. The molecule has 3 rings (SSSR count). The molecule has 1 heterocycles. The van der Waals surface area contributed by atoms with Crippen LogP contribution in [0, 0.1) is 0 Å². The zero-order valence-electron chi connectivity index (χ0n) is 8.85. The van der Waals surface area contributed by atoms with Crippen molar-refractivity contribution in [2.75, 3.05) is 5.73 Å². The fraction of sp³-hybridized carbons (Fsp3) is 0. The summed E-state index contributed by atoms with van der Waals surface area (Å²) < 4.78 is 0.638.